The topological polar surface area (TPSA) is 12.5 Å². The van der Waals surface area contributed by atoms with Gasteiger partial charge in [-0.25, -0.2) is 0 Å². The quantitative estimate of drug-likeness (QED) is 0.774. The van der Waals surface area contributed by atoms with Gasteiger partial charge in [0.2, 0.25) is 5.72 Å². The summed E-state index contributed by atoms with van der Waals surface area (Å²) < 4.78 is 6.68. The Hall–Kier alpha value is -2.22. The lowest BCUT2D eigenvalue weighted by molar-refractivity contribution is 0.0535. The Morgan fingerprint density at radius 3 is 2.57 bits per heavy atom. The summed E-state index contributed by atoms with van der Waals surface area (Å²) in [6.07, 6.45) is 5.56. The Morgan fingerprint density at radius 1 is 1.00 bits per heavy atom. The van der Waals surface area contributed by atoms with Gasteiger partial charge in [-0.2, -0.15) is 0 Å². The minimum absolute atomic E-state index is 0.122. The monoisotopic (exact) mass is 305 g/mol. The van der Waals surface area contributed by atoms with Crippen LogP contribution in [0.2, 0.25) is 0 Å². The second kappa shape index (κ2) is 4.89. The van der Waals surface area contributed by atoms with Crippen LogP contribution in [0.25, 0.3) is 6.08 Å². The molecule has 2 heteroatoms. The molecule has 23 heavy (non-hydrogen) atoms. The zero-order valence-electron chi connectivity index (χ0n) is 14.0. The van der Waals surface area contributed by atoms with Gasteiger partial charge in [-0.05, 0) is 50.1 Å². The number of rotatable bonds is 2. The molecule has 0 radical (unpaired) electrons. The predicted octanol–water partition coefficient (Wildman–Crippen LogP) is 5.00. The molecule has 2 nitrogen and oxygen atoms in total. The summed E-state index contributed by atoms with van der Waals surface area (Å²) in [6, 6.07) is 17.0. The Labute approximate surface area is 138 Å². The first-order chi connectivity index (χ1) is 11.1. The summed E-state index contributed by atoms with van der Waals surface area (Å²) >= 11 is 0. The van der Waals surface area contributed by atoms with Crippen molar-refractivity contribution in [2.75, 3.05) is 11.4 Å². The van der Waals surface area contributed by atoms with E-state index in [2.05, 4.69) is 80.3 Å². The molecule has 2 aliphatic rings. The maximum absolute atomic E-state index is 6.68. The lowest BCUT2D eigenvalue weighted by atomic mass is 9.76. The third-order valence-electron chi connectivity index (χ3n) is 5.29. The summed E-state index contributed by atoms with van der Waals surface area (Å²) in [7, 11) is 0. The highest BCUT2D eigenvalue weighted by Crippen LogP contribution is 2.54. The molecule has 2 aromatic carbocycles. The van der Waals surface area contributed by atoms with E-state index in [1.807, 2.05) is 6.07 Å². The van der Waals surface area contributed by atoms with Gasteiger partial charge in [-0.15, -0.1) is 0 Å². The number of benzene rings is 2. The van der Waals surface area contributed by atoms with Crippen LogP contribution in [0.3, 0.4) is 0 Å². The van der Waals surface area contributed by atoms with Gasteiger partial charge < -0.3 is 9.64 Å². The Morgan fingerprint density at radius 2 is 1.74 bits per heavy atom. The van der Waals surface area contributed by atoms with Crippen LogP contribution in [-0.4, -0.2) is 12.3 Å². The molecule has 0 saturated heterocycles. The van der Waals surface area contributed by atoms with E-state index in [4.69, 9.17) is 4.74 Å². The van der Waals surface area contributed by atoms with Crippen molar-refractivity contribution in [2.24, 2.45) is 0 Å². The molecule has 1 atom stereocenters. The zero-order chi connectivity index (χ0) is 16.1. The predicted molar refractivity (Wildman–Crippen MR) is 95.9 cm³/mol. The van der Waals surface area contributed by atoms with Crippen LogP contribution < -0.4 is 9.64 Å². The van der Waals surface area contributed by atoms with Crippen LogP contribution in [0.1, 0.15) is 38.3 Å². The second-order valence-corrected chi connectivity index (χ2v) is 6.96. The van der Waals surface area contributed by atoms with E-state index in [-0.39, 0.29) is 5.41 Å². The van der Waals surface area contributed by atoms with Crippen molar-refractivity contribution in [2.45, 2.75) is 38.3 Å². The van der Waals surface area contributed by atoms with Gasteiger partial charge in [0, 0.05) is 17.8 Å². The Balaban J connectivity index is 1.91. The van der Waals surface area contributed by atoms with Gasteiger partial charge >= 0.3 is 0 Å². The molecule has 2 aromatic rings. The van der Waals surface area contributed by atoms with Crippen LogP contribution in [0, 0.1) is 0 Å². The van der Waals surface area contributed by atoms with Gasteiger partial charge in [0.15, 0.2) is 0 Å². The van der Waals surface area contributed by atoms with Crippen LogP contribution in [0.4, 0.5) is 5.69 Å². The van der Waals surface area contributed by atoms with Gasteiger partial charge in [0.25, 0.3) is 0 Å². The number of anilines is 1. The summed E-state index contributed by atoms with van der Waals surface area (Å²) in [5.74, 6) is 0.969. The SMILES string of the molecule is CCCN1c2ccccc2C(C)(C)C12C=Cc1ccccc1O2. The molecule has 2 heterocycles. The molecule has 4 rings (SSSR count). The van der Waals surface area contributed by atoms with Gasteiger partial charge in [-0.3, -0.25) is 0 Å². The van der Waals surface area contributed by atoms with Crippen molar-refractivity contribution in [3.63, 3.8) is 0 Å². The third-order valence-corrected chi connectivity index (χ3v) is 5.29. The van der Waals surface area contributed by atoms with Crippen molar-refractivity contribution in [1.82, 2.24) is 0 Å². The van der Waals surface area contributed by atoms with Crippen LogP contribution in [0.15, 0.2) is 54.6 Å². The molecule has 0 amide bonds. The highest BCUT2D eigenvalue weighted by atomic mass is 16.5. The largest absolute Gasteiger partial charge is 0.463 e. The molecule has 0 bridgehead atoms. The summed E-state index contributed by atoms with van der Waals surface area (Å²) in [5.41, 5.74) is 3.23. The van der Waals surface area contributed by atoms with Gasteiger partial charge in [0.05, 0.1) is 5.41 Å². The van der Waals surface area contributed by atoms with E-state index >= 15 is 0 Å². The van der Waals surface area contributed by atoms with Crippen molar-refractivity contribution < 1.29 is 4.74 Å². The fraction of sp³-hybridized carbons (Fsp3) is 0.333. The molecule has 1 spiro atoms. The van der Waals surface area contributed by atoms with Crippen LogP contribution >= 0.6 is 0 Å². The van der Waals surface area contributed by atoms with E-state index < -0.39 is 5.72 Å². The molecule has 1 unspecified atom stereocenters. The van der Waals surface area contributed by atoms with Crippen LogP contribution in [0.5, 0.6) is 5.75 Å². The molecule has 0 N–H and O–H groups in total. The Bertz CT molecular complexity index is 777. The van der Waals surface area contributed by atoms with Gasteiger partial charge in [0.1, 0.15) is 5.75 Å². The first-order valence-electron chi connectivity index (χ1n) is 8.44. The van der Waals surface area contributed by atoms with E-state index in [0.717, 1.165) is 24.3 Å². The van der Waals surface area contributed by atoms with Gasteiger partial charge in [-0.1, -0.05) is 43.3 Å². The maximum atomic E-state index is 6.68. The number of fused-ring (bicyclic) bond motifs is 2. The highest BCUT2D eigenvalue weighted by Gasteiger charge is 2.58. The number of nitrogens with zero attached hydrogens (tertiary/aromatic N) is 1. The third kappa shape index (κ3) is 1.81. The standard InChI is InChI=1S/C21H23NO/c1-4-15-22-18-11-7-6-10-17(18)20(2,3)21(22)14-13-16-9-5-8-12-19(16)23-21/h5-14H,4,15H2,1-3H3. The average molecular weight is 305 g/mol. The smallest absolute Gasteiger partial charge is 0.212 e. The van der Waals surface area contributed by atoms with Crippen molar-refractivity contribution in [3.05, 3.63) is 65.7 Å². The molecule has 0 saturated carbocycles. The zero-order valence-corrected chi connectivity index (χ0v) is 14.0. The summed E-state index contributed by atoms with van der Waals surface area (Å²) in [5, 5.41) is 0. The minimum Gasteiger partial charge on any atom is -0.463 e. The number of ether oxygens (including phenoxy) is 1. The number of hydrogen-bond acceptors (Lipinski definition) is 2. The fourth-order valence-corrected chi connectivity index (χ4v) is 4.05. The van der Waals surface area contributed by atoms with E-state index in [1.165, 1.54) is 11.3 Å². The van der Waals surface area contributed by atoms with Crippen LogP contribution in [-0.2, 0) is 5.41 Å². The molecule has 2 aliphatic heterocycles. The lowest BCUT2D eigenvalue weighted by Crippen LogP contribution is -2.59. The Kier molecular flexibility index (Phi) is 3.06. The fourth-order valence-electron chi connectivity index (χ4n) is 4.05. The molecular formula is C21H23NO. The van der Waals surface area contributed by atoms with E-state index in [1.54, 1.807) is 0 Å². The van der Waals surface area contributed by atoms with Crippen molar-refractivity contribution >= 4 is 11.8 Å². The second-order valence-electron chi connectivity index (χ2n) is 6.96. The molecule has 0 aliphatic carbocycles. The average Bonchev–Trinajstić information content (AvgIpc) is 2.75. The first kappa shape index (κ1) is 14.4. The van der Waals surface area contributed by atoms with Crippen molar-refractivity contribution in [3.8, 4) is 5.75 Å². The van der Waals surface area contributed by atoms with Crippen molar-refractivity contribution in [1.29, 1.82) is 0 Å². The summed E-state index contributed by atoms with van der Waals surface area (Å²) in [6.45, 7) is 7.79. The normalized spacial score (nSPS) is 23.5. The summed E-state index contributed by atoms with van der Waals surface area (Å²) in [4.78, 5) is 2.44. The highest BCUT2D eigenvalue weighted by molar-refractivity contribution is 5.72. The van der Waals surface area contributed by atoms with E-state index in [9.17, 15) is 0 Å². The number of hydrogen-bond donors (Lipinski definition) is 0. The molecule has 118 valence electrons. The molecule has 0 aromatic heterocycles. The van der Waals surface area contributed by atoms with E-state index in [0.29, 0.717) is 0 Å². The molecule has 0 fully saturated rings. The number of para-hydroxylation sites is 2. The molecular weight excluding hydrogens is 282 g/mol. The first-order valence-corrected chi connectivity index (χ1v) is 8.44. The lowest BCUT2D eigenvalue weighted by Gasteiger charge is -2.47. The maximum Gasteiger partial charge on any atom is 0.212 e. The minimum atomic E-state index is -0.457.